The molecule has 0 bridgehead atoms. The summed E-state index contributed by atoms with van der Waals surface area (Å²) in [4.78, 5) is 8.95. The SMILES string of the molecule is CCCNc1cn2ccnc2c(NCCCOCCC)n1. The van der Waals surface area contributed by atoms with Gasteiger partial charge in [0, 0.05) is 38.7 Å². The molecule has 0 aliphatic rings. The molecular formula is C15H25N5O. The Labute approximate surface area is 125 Å². The van der Waals surface area contributed by atoms with E-state index < -0.39 is 0 Å². The van der Waals surface area contributed by atoms with Gasteiger partial charge in [-0.15, -0.1) is 0 Å². The van der Waals surface area contributed by atoms with Gasteiger partial charge in [0.25, 0.3) is 0 Å². The van der Waals surface area contributed by atoms with Crippen LogP contribution in [0.3, 0.4) is 0 Å². The van der Waals surface area contributed by atoms with Crippen LogP contribution in [0.15, 0.2) is 18.6 Å². The van der Waals surface area contributed by atoms with Crippen molar-refractivity contribution in [2.24, 2.45) is 0 Å². The van der Waals surface area contributed by atoms with Gasteiger partial charge in [0.15, 0.2) is 11.5 Å². The quantitative estimate of drug-likeness (QED) is 0.659. The van der Waals surface area contributed by atoms with Gasteiger partial charge in [-0.05, 0) is 19.3 Å². The summed E-state index contributed by atoms with van der Waals surface area (Å²) in [5.41, 5.74) is 0.853. The molecule has 0 aromatic carbocycles. The lowest BCUT2D eigenvalue weighted by Gasteiger charge is -2.10. The summed E-state index contributed by atoms with van der Waals surface area (Å²) in [5, 5.41) is 6.66. The van der Waals surface area contributed by atoms with E-state index in [1.54, 1.807) is 6.20 Å². The van der Waals surface area contributed by atoms with Crippen LogP contribution in [0.25, 0.3) is 5.65 Å². The van der Waals surface area contributed by atoms with Crippen molar-refractivity contribution in [3.63, 3.8) is 0 Å². The molecule has 6 heteroatoms. The predicted octanol–water partition coefficient (Wildman–Crippen LogP) is 2.78. The second-order valence-electron chi connectivity index (χ2n) is 4.95. The van der Waals surface area contributed by atoms with E-state index in [0.29, 0.717) is 0 Å². The van der Waals surface area contributed by atoms with E-state index in [1.807, 2.05) is 16.8 Å². The molecule has 6 nitrogen and oxygen atoms in total. The van der Waals surface area contributed by atoms with Crippen molar-refractivity contribution in [2.75, 3.05) is 36.9 Å². The Morgan fingerprint density at radius 1 is 1.14 bits per heavy atom. The van der Waals surface area contributed by atoms with Gasteiger partial charge < -0.3 is 19.8 Å². The fourth-order valence-electron chi connectivity index (χ4n) is 2.02. The minimum Gasteiger partial charge on any atom is -0.381 e. The molecule has 0 spiro atoms. The van der Waals surface area contributed by atoms with E-state index in [1.165, 1.54) is 0 Å². The highest BCUT2D eigenvalue weighted by Gasteiger charge is 2.06. The zero-order valence-electron chi connectivity index (χ0n) is 12.9. The van der Waals surface area contributed by atoms with E-state index in [9.17, 15) is 0 Å². The summed E-state index contributed by atoms with van der Waals surface area (Å²) in [6.45, 7) is 7.61. The molecule has 0 fully saturated rings. The molecule has 0 unspecified atom stereocenters. The highest BCUT2D eigenvalue weighted by atomic mass is 16.5. The predicted molar refractivity (Wildman–Crippen MR) is 86.0 cm³/mol. The second kappa shape index (κ2) is 8.46. The first-order valence-corrected chi connectivity index (χ1v) is 7.74. The molecule has 2 rings (SSSR count). The third-order valence-corrected chi connectivity index (χ3v) is 3.04. The third kappa shape index (κ3) is 4.60. The maximum atomic E-state index is 5.48. The Bertz CT molecular complexity index is 540. The van der Waals surface area contributed by atoms with Gasteiger partial charge in [-0.3, -0.25) is 0 Å². The summed E-state index contributed by atoms with van der Waals surface area (Å²) in [5.74, 6) is 1.68. The minimum atomic E-state index is 0.777. The van der Waals surface area contributed by atoms with Crippen LogP contribution in [0.1, 0.15) is 33.1 Å². The molecule has 0 atom stereocenters. The average molecular weight is 291 g/mol. The van der Waals surface area contributed by atoms with Gasteiger partial charge in [-0.2, -0.15) is 0 Å². The Hall–Kier alpha value is -1.82. The molecule has 2 heterocycles. The molecule has 0 saturated carbocycles. The van der Waals surface area contributed by atoms with Gasteiger partial charge in [0.05, 0.1) is 6.20 Å². The molecule has 2 N–H and O–H groups in total. The number of anilines is 2. The van der Waals surface area contributed by atoms with Crippen LogP contribution >= 0.6 is 0 Å². The van der Waals surface area contributed by atoms with Crippen molar-refractivity contribution in [1.29, 1.82) is 0 Å². The van der Waals surface area contributed by atoms with Crippen LogP contribution in [0.5, 0.6) is 0 Å². The molecule has 0 radical (unpaired) electrons. The maximum Gasteiger partial charge on any atom is 0.180 e. The molecule has 2 aromatic heterocycles. The number of hydrogen-bond donors (Lipinski definition) is 2. The van der Waals surface area contributed by atoms with Crippen LogP contribution < -0.4 is 10.6 Å². The summed E-state index contributed by atoms with van der Waals surface area (Å²) in [6.07, 6.45) is 8.78. The van der Waals surface area contributed by atoms with Crippen molar-refractivity contribution in [3.05, 3.63) is 18.6 Å². The van der Waals surface area contributed by atoms with Crippen molar-refractivity contribution in [1.82, 2.24) is 14.4 Å². The van der Waals surface area contributed by atoms with Crippen molar-refractivity contribution in [2.45, 2.75) is 33.1 Å². The Morgan fingerprint density at radius 3 is 2.86 bits per heavy atom. The molecule has 2 aromatic rings. The molecule has 0 aliphatic carbocycles. The molecule has 21 heavy (non-hydrogen) atoms. The Kier molecular flexibility index (Phi) is 6.27. The van der Waals surface area contributed by atoms with Crippen molar-refractivity contribution >= 4 is 17.3 Å². The molecule has 0 aliphatic heterocycles. The van der Waals surface area contributed by atoms with Crippen LogP contribution in [0, 0.1) is 0 Å². The summed E-state index contributed by atoms with van der Waals surface area (Å²) < 4.78 is 7.46. The number of ether oxygens (including phenoxy) is 1. The number of rotatable bonds is 10. The topological polar surface area (TPSA) is 63.5 Å². The van der Waals surface area contributed by atoms with E-state index in [4.69, 9.17) is 4.74 Å². The second-order valence-corrected chi connectivity index (χ2v) is 4.95. The molecule has 116 valence electrons. The monoisotopic (exact) mass is 291 g/mol. The third-order valence-electron chi connectivity index (χ3n) is 3.04. The number of fused-ring (bicyclic) bond motifs is 1. The number of aromatic nitrogens is 3. The van der Waals surface area contributed by atoms with Gasteiger partial charge >= 0.3 is 0 Å². The van der Waals surface area contributed by atoms with Crippen molar-refractivity contribution in [3.8, 4) is 0 Å². The maximum absolute atomic E-state index is 5.48. The van der Waals surface area contributed by atoms with Gasteiger partial charge in [0.2, 0.25) is 0 Å². The minimum absolute atomic E-state index is 0.777. The van der Waals surface area contributed by atoms with Gasteiger partial charge in [-0.25, -0.2) is 9.97 Å². The lowest BCUT2D eigenvalue weighted by Crippen LogP contribution is -2.11. The first-order valence-electron chi connectivity index (χ1n) is 7.74. The summed E-state index contributed by atoms with van der Waals surface area (Å²) in [6, 6.07) is 0. The van der Waals surface area contributed by atoms with Crippen LogP contribution in [-0.4, -0.2) is 40.7 Å². The average Bonchev–Trinajstić information content (AvgIpc) is 2.97. The standard InChI is InChI=1S/C15H25N5O/c1-3-6-16-13-12-20-9-8-18-15(20)14(19-13)17-7-5-11-21-10-4-2/h8-9,12,16H,3-7,10-11H2,1-2H3,(H,17,19). The number of nitrogens with one attached hydrogen (secondary N) is 2. The van der Waals surface area contributed by atoms with E-state index >= 15 is 0 Å². The van der Waals surface area contributed by atoms with Gasteiger partial charge in [0.1, 0.15) is 5.82 Å². The zero-order valence-corrected chi connectivity index (χ0v) is 12.9. The summed E-state index contributed by atoms with van der Waals surface area (Å²) >= 11 is 0. The number of hydrogen-bond acceptors (Lipinski definition) is 5. The number of imidazole rings is 1. The Balaban J connectivity index is 1.95. The van der Waals surface area contributed by atoms with Crippen LogP contribution in [0.2, 0.25) is 0 Å². The van der Waals surface area contributed by atoms with E-state index in [0.717, 1.165) is 62.8 Å². The first kappa shape index (κ1) is 15.6. The van der Waals surface area contributed by atoms with Crippen LogP contribution in [0.4, 0.5) is 11.6 Å². The largest absolute Gasteiger partial charge is 0.381 e. The van der Waals surface area contributed by atoms with Gasteiger partial charge in [-0.1, -0.05) is 13.8 Å². The lowest BCUT2D eigenvalue weighted by atomic mass is 10.4. The summed E-state index contributed by atoms with van der Waals surface area (Å²) in [7, 11) is 0. The molecule has 0 saturated heterocycles. The number of nitrogens with zero attached hydrogens (tertiary/aromatic N) is 3. The zero-order chi connectivity index (χ0) is 14.9. The first-order chi connectivity index (χ1) is 10.3. The normalized spacial score (nSPS) is 11.0. The fourth-order valence-corrected chi connectivity index (χ4v) is 2.02. The Morgan fingerprint density at radius 2 is 2.05 bits per heavy atom. The van der Waals surface area contributed by atoms with E-state index in [-0.39, 0.29) is 0 Å². The molecular weight excluding hydrogens is 266 g/mol. The smallest absolute Gasteiger partial charge is 0.180 e. The lowest BCUT2D eigenvalue weighted by molar-refractivity contribution is 0.134. The highest BCUT2D eigenvalue weighted by Crippen LogP contribution is 2.16. The highest BCUT2D eigenvalue weighted by molar-refractivity contribution is 5.65. The van der Waals surface area contributed by atoms with Crippen LogP contribution in [-0.2, 0) is 4.74 Å². The van der Waals surface area contributed by atoms with Crippen molar-refractivity contribution < 1.29 is 4.74 Å². The fraction of sp³-hybridized carbons (Fsp3) is 0.600. The van der Waals surface area contributed by atoms with E-state index in [2.05, 4.69) is 34.4 Å². The molecule has 0 amide bonds.